The Morgan fingerprint density at radius 3 is 2.59 bits per heavy atom. The van der Waals surface area contributed by atoms with Crippen LogP contribution in [0.4, 0.5) is 0 Å². The van der Waals surface area contributed by atoms with Crippen LogP contribution in [0.15, 0.2) is 0 Å². The topological polar surface area (TPSA) is 95.6 Å². The maximum atomic E-state index is 11.1. The smallest absolute Gasteiger partial charge is 0.323 e. The number of hydrogen-bond donors (Lipinski definition) is 4. The van der Waals surface area contributed by atoms with Gasteiger partial charge in [0.15, 0.2) is 0 Å². The van der Waals surface area contributed by atoms with E-state index < -0.39 is 11.5 Å². The van der Waals surface area contributed by atoms with Crippen molar-refractivity contribution in [2.45, 2.75) is 50.5 Å². The third-order valence-electron chi connectivity index (χ3n) is 2.84. The number of hydrogen-bond acceptors (Lipinski definition) is 4. The molecule has 17 heavy (non-hydrogen) atoms. The molecule has 0 saturated carbocycles. The van der Waals surface area contributed by atoms with Crippen LogP contribution in [-0.2, 0) is 4.79 Å². The standard InChI is InChI=1S/C11H23BN2O3/c1-9(8-15)14-7-5-11(13,10(16)17)4-2-3-6-12/h9,14-15H,2-8,13H2,1H3,(H,16,17)/t9-,11?/m1/s1. The van der Waals surface area contributed by atoms with E-state index in [1.807, 2.05) is 6.92 Å². The Morgan fingerprint density at radius 2 is 2.12 bits per heavy atom. The zero-order valence-electron chi connectivity index (χ0n) is 10.5. The second kappa shape index (κ2) is 8.50. The van der Waals surface area contributed by atoms with E-state index in [0.717, 1.165) is 12.8 Å². The number of aliphatic hydroxyl groups is 1. The third-order valence-corrected chi connectivity index (χ3v) is 2.84. The lowest BCUT2D eigenvalue weighted by atomic mass is 9.88. The molecule has 5 nitrogen and oxygen atoms in total. The zero-order chi connectivity index (χ0) is 13.3. The van der Waals surface area contributed by atoms with Crippen molar-refractivity contribution in [3.05, 3.63) is 0 Å². The molecule has 2 radical (unpaired) electrons. The van der Waals surface area contributed by atoms with Crippen LogP contribution in [0.1, 0.15) is 32.6 Å². The maximum Gasteiger partial charge on any atom is 0.323 e. The number of nitrogens with two attached hydrogens (primary N) is 1. The number of rotatable bonds is 10. The molecule has 0 aromatic rings. The van der Waals surface area contributed by atoms with Gasteiger partial charge in [-0.25, -0.2) is 0 Å². The van der Waals surface area contributed by atoms with Crippen molar-refractivity contribution in [3.63, 3.8) is 0 Å². The lowest BCUT2D eigenvalue weighted by Crippen LogP contribution is -2.50. The number of carbonyl (C=O) groups is 1. The van der Waals surface area contributed by atoms with Gasteiger partial charge in [-0.3, -0.25) is 4.79 Å². The highest BCUT2D eigenvalue weighted by atomic mass is 16.4. The molecular weight excluding hydrogens is 219 g/mol. The average Bonchev–Trinajstić information content (AvgIpc) is 2.29. The molecule has 0 aliphatic carbocycles. The summed E-state index contributed by atoms with van der Waals surface area (Å²) >= 11 is 0. The van der Waals surface area contributed by atoms with Gasteiger partial charge in [0.1, 0.15) is 5.54 Å². The van der Waals surface area contributed by atoms with Crippen LogP contribution in [0.25, 0.3) is 0 Å². The van der Waals surface area contributed by atoms with Crippen LogP contribution >= 0.6 is 0 Å². The number of carboxylic acid groups (broad SMARTS) is 1. The van der Waals surface area contributed by atoms with Gasteiger partial charge >= 0.3 is 5.97 Å². The molecular formula is C11H23BN2O3. The lowest BCUT2D eigenvalue weighted by molar-refractivity contribution is -0.144. The summed E-state index contributed by atoms with van der Waals surface area (Å²) in [6, 6.07) is -0.0444. The Bertz CT molecular complexity index is 229. The van der Waals surface area contributed by atoms with Gasteiger partial charge in [0.25, 0.3) is 0 Å². The first kappa shape index (κ1) is 16.4. The molecule has 6 heteroatoms. The van der Waals surface area contributed by atoms with Crippen molar-refractivity contribution in [2.24, 2.45) is 5.73 Å². The minimum atomic E-state index is -1.20. The van der Waals surface area contributed by atoms with Crippen molar-refractivity contribution < 1.29 is 15.0 Å². The fourth-order valence-corrected chi connectivity index (χ4v) is 1.53. The van der Waals surface area contributed by atoms with E-state index in [1.54, 1.807) is 0 Å². The fraction of sp³-hybridized carbons (Fsp3) is 0.909. The van der Waals surface area contributed by atoms with Crippen LogP contribution in [0.5, 0.6) is 0 Å². The van der Waals surface area contributed by atoms with Gasteiger partial charge in [0.2, 0.25) is 0 Å². The second-order valence-corrected chi connectivity index (χ2v) is 4.49. The van der Waals surface area contributed by atoms with Crippen LogP contribution in [-0.4, -0.2) is 48.8 Å². The van der Waals surface area contributed by atoms with Crippen LogP contribution in [0, 0.1) is 0 Å². The van der Waals surface area contributed by atoms with Crippen molar-refractivity contribution in [2.75, 3.05) is 13.2 Å². The monoisotopic (exact) mass is 242 g/mol. The van der Waals surface area contributed by atoms with Gasteiger partial charge in [0.05, 0.1) is 14.5 Å². The molecule has 5 N–H and O–H groups in total. The number of aliphatic carboxylic acids is 1. The molecule has 0 saturated heterocycles. The molecule has 0 rings (SSSR count). The molecule has 0 aromatic carbocycles. The van der Waals surface area contributed by atoms with Crippen molar-refractivity contribution in [1.29, 1.82) is 0 Å². The molecule has 0 bridgehead atoms. The van der Waals surface area contributed by atoms with E-state index in [1.165, 1.54) is 0 Å². The predicted molar refractivity (Wildman–Crippen MR) is 68.1 cm³/mol. The first-order valence-corrected chi connectivity index (χ1v) is 6.03. The summed E-state index contributed by atoms with van der Waals surface area (Å²) in [4.78, 5) is 11.1. The van der Waals surface area contributed by atoms with Gasteiger partial charge in [-0.15, -0.1) is 0 Å². The molecule has 0 aliphatic rings. The normalized spacial score (nSPS) is 16.4. The molecule has 98 valence electrons. The van der Waals surface area contributed by atoms with Gasteiger partial charge in [0, 0.05) is 6.04 Å². The molecule has 2 atom stereocenters. The quantitative estimate of drug-likeness (QED) is 0.316. The lowest BCUT2D eigenvalue weighted by Gasteiger charge is -2.25. The minimum absolute atomic E-state index is 0.0256. The van der Waals surface area contributed by atoms with E-state index >= 15 is 0 Å². The van der Waals surface area contributed by atoms with E-state index in [2.05, 4.69) is 5.32 Å². The Kier molecular flexibility index (Phi) is 8.21. The number of unbranched alkanes of at least 4 members (excludes halogenated alkanes) is 1. The molecule has 0 fully saturated rings. The van der Waals surface area contributed by atoms with Gasteiger partial charge < -0.3 is 21.3 Å². The molecule has 1 unspecified atom stereocenters. The molecule has 0 amide bonds. The van der Waals surface area contributed by atoms with Crippen molar-refractivity contribution >= 4 is 13.8 Å². The van der Waals surface area contributed by atoms with Crippen LogP contribution in [0.2, 0.25) is 6.32 Å². The minimum Gasteiger partial charge on any atom is -0.480 e. The Labute approximate surface area is 104 Å². The Morgan fingerprint density at radius 1 is 1.47 bits per heavy atom. The second-order valence-electron chi connectivity index (χ2n) is 4.49. The van der Waals surface area contributed by atoms with Gasteiger partial charge in [-0.1, -0.05) is 19.2 Å². The molecule has 0 aliphatic heterocycles. The number of nitrogens with one attached hydrogen (secondary N) is 1. The third kappa shape index (κ3) is 6.66. The number of aliphatic hydroxyl groups excluding tert-OH is 1. The van der Waals surface area contributed by atoms with E-state index in [9.17, 15) is 4.79 Å². The summed E-state index contributed by atoms with van der Waals surface area (Å²) in [5.74, 6) is -0.979. The van der Waals surface area contributed by atoms with Gasteiger partial charge in [-0.05, 0) is 26.3 Å². The summed E-state index contributed by atoms with van der Waals surface area (Å²) < 4.78 is 0. The van der Waals surface area contributed by atoms with Gasteiger partial charge in [-0.2, -0.15) is 0 Å². The summed E-state index contributed by atoms with van der Waals surface area (Å²) in [6.07, 6.45) is 2.82. The Balaban J connectivity index is 4.08. The predicted octanol–water partition coefficient (Wildman–Crippen LogP) is -0.114. The van der Waals surface area contributed by atoms with E-state index in [0.29, 0.717) is 25.7 Å². The highest BCUT2D eigenvalue weighted by Gasteiger charge is 2.32. The highest BCUT2D eigenvalue weighted by Crippen LogP contribution is 2.16. The molecule has 0 heterocycles. The molecule has 0 spiro atoms. The number of carboxylic acids is 1. The van der Waals surface area contributed by atoms with Crippen LogP contribution < -0.4 is 11.1 Å². The van der Waals surface area contributed by atoms with Crippen LogP contribution in [0.3, 0.4) is 0 Å². The average molecular weight is 242 g/mol. The highest BCUT2D eigenvalue weighted by molar-refractivity contribution is 6.08. The van der Waals surface area contributed by atoms with E-state index in [-0.39, 0.29) is 12.6 Å². The summed E-state index contributed by atoms with van der Waals surface area (Å²) in [5, 5.41) is 21.0. The first-order chi connectivity index (χ1) is 7.96. The molecule has 0 aromatic heterocycles. The zero-order valence-corrected chi connectivity index (χ0v) is 10.5. The Hall–Kier alpha value is -0.585. The fourth-order valence-electron chi connectivity index (χ4n) is 1.53. The largest absolute Gasteiger partial charge is 0.480 e. The maximum absolute atomic E-state index is 11.1. The van der Waals surface area contributed by atoms with Crippen molar-refractivity contribution in [3.8, 4) is 0 Å². The van der Waals surface area contributed by atoms with E-state index in [4.69, 9.17) is 23.8 Å². The summed E-state index contributed by atoms with van der Waals surface area (Å²) in [7, 11) is 5.36. The summed E-state index contributed by atoms with van der Waals surface area (Å²) in [5.41, 5.74) is 4.67. The first-order valence-electron chi connectivity index (χ1n) is 6.03. The van der Waals surface area contributed by atoms with Crippen molar-refractivity contribution in [1.82, 2.24) is 5.32 Å². The SMILES string of the molecule is [B]CCCCC(N)(CCN[C@H](C)CO)C(=O)O. The summed E-state index contributed by atoms with van der Waals surface area (Å²) in [6.45, 7) is 2.33.